The van der Waals surface area contributed by atoms with Crippen LogP contribution in [0.15, 0.2) is 12.1 Å². The second kappa shape index (κ2) is 4.86. The predicted octanol–water partition coefficient (Wildman–Crippen LogP) is 0.938. The summed E-state index contributed by atoms with van der Waals surface area (Å²) < 4.78 is 29.2. The van der Waals surface area contributed by atoms with Gasteiger partial charge >= 0.3 is 0 Å². The van der Waals surface area contributed by atoms with E-state index >= 15 is 0 Å². The Kier molecular flexibility index (Phi) is 3.20. The molecular formula is C13H16FNO4. The van der Waals surface area contributed by atoms with Crippen molar-refractivity contribution >= 4 is 0 Å². The molecule has 0 saturated carbocycles. The molecule has 2 aliphatic heterocycles. The number of halogens is 1. The summed E-state index contributed by atoms with van der Waals surface area (Å²) in [6, 6.07) is 3.72. The Morgan fingerprint density at radius 2 is 2.26 bits per heavy atom. The number of likely N-dealkylation sites (tertiary alicyclic amines) is 1. The van der Waals surface area contributed by atoms with E-state index in [0.29, 0.717) is 30.3 Å². The minimum atomic E-state index is -1.17. The van der Waals surface area contributed by atoms with Gasteiger partial charge < -0.3 is 19.3 Å². The van der Waals surface area contributed by atoms with Crippen molar-refractivity contribution in [2.75, 3.05) is 27.0 Å². The number of benzene rings is 1. The fourth-order valence-corrected chi connectivity index (χ4v) is 2.48. The molecule has 1 saturated heterocycles. The second-order valence-corrected chi connectivity index (χ2v) is 4.81. The third-order valence-corrected chi connectivity index (χ3v) is 3.42. The van der Waals surface area contributed by atoms with Gasteiger partial charge in [-0.25, -0.2) is 4.39 Å². The molecule has 0 aromatic heterocycles. The number of aliphatic hydroxyl groups excluding tert-OH is 1. The molecule has 0 amide bonds. The van der Waals surface area contributed by atoms with Crippen LogP contribution in [0.5, 0.6) is 17.2 Å². The molecule has 104 valence electrons. The number of hydrogen-bond donors (Lipinski definition) is 1. The van der Waals surface area contributed by atoms with E-state index in [1.165, 1.54) is 0 Å². The lowest BCUT2D eigenvalue weighted by Gasteiger charge is -2.15. The molecule has 0 aliphatic carbocycles. The van der Waals surface area contributed by atoms with Gasteiger partial charge in [-0.05, 0) is 17.7 Å². The minimum Gasteiger partial charge on any atom is -0.493 e. The van der Waals surface area contributed by atoms with Gasteiger partial charge in [0, 0.05) is 19.6 Å². The van der Waals surface area contributed by atoms with E-state index in [2.05, 4.69) is 0 Å². The van der Waals surface area contributed by atoms with Gasteiger partial charge in [0.1, 0.15) is 6.17 Å². The van der Waals surface area contributed by atoms with Crippen LogP contribution in [0.25, 0.3) is 0 Å². The molecule has 6 heteroatoms. The first-order valence-corrected chi connectivity index (χ1v) is 6.18. The van der Waals surface area contributed by atoms with E-state index in [9.17, 15) is 9.50 Å². The molecule has 1 fully saturated rings. The van der Waals surface area contributed by atoms with Gasteiger partial charge in [-0.2, -0.15) is 0 Å². The quantitative estimate of drug-likeness (QED) is 0.885. The summed E-state index contributed by atoms with van der Waals surface area (Å²) in [5.74, 6) is 1.86. The van der Waals surface area contributed by atoms with Crippen LogP contribution >= 0.6 is 0 Å². The average Bonchev–Trinajstić information content (AvgIpc) is 2.96. The number of hydrogen-bond acceptors (Lipinski definition) is 5. The van der Waals surface area contributed by atoms with Crippen LogP contribution in [0.4, 0.5) is 4.39 Å². The summed E-state index contributed by atoms with van der Waals surface area (Å²) in [4.78, 5) is 1.87. The van der Waals surface area contributed by atoms with E-state index in [4.69, 9.17) is 14.2 Å². The lowest BCUT2D eigenvalue weighted by atomic mass is 10.1. The fourth-order valence-electron chi connectivity index (χ4n) is 2.48. The van der Waals surface area contributed by atoms with Crippen molar-refractivity contribution in [3.63, 3.8) is 0 Å². The Bertz CT molecular complexity index is 472. The van der Waals surface area contributed by atoms with Crippen molar-refractivity contribution in [1.82, 2.24) is 4.90 Å². The molecular weight excluding hydrogens is 253 g/mol. The predicted molar refractivity (Wildman–Crippen MR) is 65.3 cm³/mol. The number of rotatable bonds is 3. The second-order valence-electron chi connectivity index (χ2n) is 4.81. The molecule has 3 rings (SSSR count). The van der Waals surface area contributed by atoms with Gasteiger partial charge in [-0.3, -0.25) is 4.90 Å². The number of ether oxygens (including phenoxy) is 3. The first-order chi connectivity index (χ1) is 9.17. The molecule has 1 aromatic rings. The number of nitrogens with zero attached hydrogens (tertiary/aromatic N) is 1. The summed E-state index contributed by atoms with van der Waals surface area (Å²) in [5, 5.41) is 9.42. The molecule has 0 spiro atoms. The van der Waals surface area contributed by atoms with E-state index in [0.717, 1.165) is 5.56 Å². The third-order valence-electron chi connectivity index (χ3n) is 3.42. The average molecular weight is 269 g/mol. The van der Waals surface area contributed by atoms with Gasteiger partial charge in [-0.15, -0.1) is 0 Å². The van der Waals surface area contributed by atoms with Crippen LogP contribution in [-0.4, -0.2) is 49.3 Å². The van der Waals surface area contributed by atoms with Gasteiger partial charge in [0.25, 0.3) is 0 Å². The fraction of sp³-hybridized carbons (Fsp3) is 0.538. The largest absolute Gasteiger partial charge is 0.493 e. The van der Waals surface area contributed by atoms with Gasteiger partial charge in [0.2, 0.25) is 12.5 Å². The summed E-state index contributed by atoms with van der Waals surface area (Å²) in [6.07, 6.45) is -2.06. The smallest absolute Gasteiger partial charge is 0.231 e. The molecule has 1 N–H and O–H groups in total. The lowest BCUT2D eigenvalue weighted by Crippen LogP contribution is -2.21. The molecule has 5 nitrogen and oxygen atoms in total. The molecule has 0 unspecified atom stereocenters. The molecule has 2 aliphatic rings. The molecule has 1 aromatic carbocycles. The zero-order valence-electron chi connectivity index (χ0n) is 10.6. The Morgan fingerprint density at radius 1 is 1.42 bits per heavy atom. The van der Waals surface area contributed by atoms with Crippen molar-refractivity contribution in [3.05, 3.63) is 17.7 Å². The van der Waals surface area contributed by atoms with E-state index in [1.54, 1.807) is 7.11 Å². The van der Waals surface area contributed by atoms with Gasteiger partial charge in [-0.1, -0.05) is 0 Å². The van der Waals surface area contributed by atoms with Crippen LogP contribution in [-0.2, 0) is 6.54 Å². The van der Waals surface area contributed by atoms with Gasteiger partial charge in [0.15, 0.2) is 11.5 Å². The van der Waals surface area contributed by atoms with Crippen LogP contribution in [0.2, 0.25) is 0 Å². The van der Waals surface area contributed by atoms with Gasteiger partial charge in [0.05, 0.1) is 13.2 Å². The highest BCUT2D eigenvalue weighted by Crippen LogP contribution is 2.42. The summed E-state index contributed by atoms with van der Waals surface area (Å²) in [5.41, 5.74) is 0.947. The summed E-state index contributed by atoms with van der Waals surface area (Å²) in [7, 11) is 1.57. The van der Waals surface area contributed by atoms with E-state index in [-0.39, 0.29) is 13.3 Å². The maximum atomic E-state index is 13.3. The normalized spacial score (nSPS) is 25.8. The highest BCUT2D eigenvalue weighted by atomic mass is 19.1. The summed E-state index contributed by atoms with van der Waals surface area (Å²) in [6.45, 7) is 1.32. The minimum absolute atomic E-state index is 0.185. The van der Waals surface area contributed by atoms with Crippen LogP contribution in [0, 0.1) is 0 Å². The Morgan fingerprint density at radius 3 is 2.95 bits per heavy atom. The van der Waals surface area contributed by atoms with E-state index < -0.39 is 12.3 Å². The maximum absolute atomic E-state index is 13.3. The van der Waals surface area contributed by atoms with Crippen molar-refractivity contribution in [2.24, 2.45) is 0 Å². The maximum Gasteiger partial charge on any atom is 0.231 e. The van der Waals surface area contributed by atoms with Crippen LogP contribution in [0.3, 0.4) is 0 Å². The highest BCUT2D eigenvalue weighted by Gasteiger charge is 2.31. The van der Waals surface area contributed by atoms with Crippen molar-refractivity contribution in [2.45, 2.75) is 18.8 Å². The lowest BCUT2D eigenvalue weighted by molar-refractivity contribution is 0.115. The number of alkyl halides is 1. The first kappa shape index (κ1) is 12.5. The standard InChI is InChI=1S/C13H16FNO4/c1-17-11-2-8(3-12-13(11)19-7-18-12)4-15-5-9(14)10(16)6-15/h2-3,9-10,16H,4-7H2,1H3/t9-,10-/m1/s1. The molecule has 0 radical (unpaired) electrons. The Hall–Kier alpha value is -1.53. The number of methoxy groups -OCH3 is 1. The van der Waals surface area contributed by atoms with E-state index in [1.807, 2.05) is 17.0 Å². The van der Waals surface area contributed by atoms with Crippen molar-refractivity contribution in [3.8, 4) is 17.2 Å². The van der Waals surface area contributed by atoms with Crippen LogP contribution in [0.1, 0.15) is 5.56 Å². The van der Waals surface area contributed by atoms with Crippen molar-refractivity contribution < 1.29 is 23.7 Å². The summed E-state index contributed by atoms with van der Waals surface area (Å²) >= 11 is 0. The van der Waals surface area contributed by atoms with Crippen molar-refractivity contribution in [1.29, 1.82) is 0 Å². The SMILES string of the molecule is COc1cc(CN2C[C@@H](O)[C@H](F)C2)cc2c1OCO2. The Balaban J connectivity index is 1.78. The van der Waals surface area contributed by atoms with Crippen LogP contribution < -0.4 is 14.2 Å². The third kappa shape index (κ3) is 2.33. The number of β-amino-alcohol motifs (C(OH)–C–C–N with tert-alkyl or cyclic N) is 1. The first-order valence-electron chi connectivity index (χ1n) is 6.18. The molecule has 19 heavy (non-hydrogen) atoms. The molecule has 2 heterocycles. The number of aliphatic hydroxyl groups is 1. The highest BCUT2D eigenvalue weighted by molar-refractivity contribution is 5.55. The topological polar surface area (TPSA) is 51.2 Å². The number of fused-ring (bicyclic) bond motifs is 1. The molecule has 0 bridgehead atoms. The zero-order valence-corrected chi connectivity index (χ0v) is 10.6. The monoisotopic (exact) mass is 269 g/mol. The Labute approximate surface area is 110 Å². The zero-order chi connectivity index (χ0) is 13.4. The molecule has 2 atom stereocenters.